The average molecular weight is 375 g/mol. The lowest BCUT2D eigenvalue weighted by molar-refractivity contribution is 0.153. The van der Waals surface area contributed by atoms with E-state index < -0.39 is 17.8 Å². The highest BCUT2D eigenvalue weighted by molar-refractivity contribution is 7.90. The summed E-state index contributed by atoms with van der Waals surface area (Å²) in [6.45, 7) is 3.43. The number of aromatic nitrogens is 1. The monoisotopic (exact) mass is 375 g/mol. The van der Waals surface area contributed by atoms with Crippen molar-refractivity contribution in [3.05, 3.63) is 60.3 Å². The smallest absolute Gasteiger partial charge is 0.266 e. The lowest BCUT2D eigenvalue weighted by atomic mass is 10.1. The first-order valence-electron chi connectivity index (χ1n) is 8.51. The van der Waals surface area contributed by atoms with Crippen molar-refractivity contribution < 1.29 is 13.3 Å². The van der Waals surface area contributed by atoms with Gasteiger partial charge in [0.05, 0.1) is 11.7 Å². The highest BCUT2D eigenvalue weighted by Crippen LogP contribution is 2.34. The Morgan fingerprint density at radius 1 is 1.04 bits per heavy atom. The molecule has 26 heavy (non-hydrogen) atoms. The summed E-state index contributed by atoms with van der Waals surface area (Å²) in [7, 11) is 0. The molecule has 2 aromatic carbocycles. The van der Waals surface area contributed by atoms with Gasteiger partial charge in [-0.1, -0.05) is 18.2 Å². The summed E-state index contributed by atoms with van der Waals surface area (Å²) in [4.78, 5) is 2.76. The van der Waals surface area contributed by atoms with E-state index in [1.165, 1.54) is 10.2 Å². The topological polar surface area (TPSA) is 43.3 Å². The second kappa shape index (κ2) is 7.26. The number of halogens is 2. The van der Waals surface area contributed by atoms with Gasteiger partial charge in [-0.25, -0.2) is 8.78 Å². The molecular formula is C19H19F2N3OS. The quantitative estimate of drug-likeness (QED) is 0.709. The summed E-state index contributed by atoms with van der Waals surface area (Å²) in [6.07, 6.45) is -1.30. The number of rotatable bonds is 4. The van der Waals surface area contributed by atoms with Gasteiger partial charge in [-0.2, -0.15) is 3.97 Å². The minimum Gasteiger partial charge on any atom is -0.587 e. The van der Waals surface area contributed by atoms with Crippen LogP contribution in [0.5, 0.6) is 0 Å². The van der Waals surface area contributed by atoms with Gasteiger partial charge in [0.15, 0.2) is 4.90 Å². The SMILES string of the molecule is [O-][S+](c1ccccc1)n1cc(C(F)F)c2cc(N3CCNCC3)ccc21. The molecular weight excluding hydrogens is 356 g/mol. The minimum atomic E-state index is -2.62. The molecule has 1 N–H and O–H groups in total. The van der Waals surface area contributed by atoms with E-state index in [1.807, 2.05) is 12.1 Å². The molecule has 1 aliphatic rings. The van der Waals surface area contributed by atoms with Crippen molar-refractivity contribution in [2.75, 3.05) is 31.1 Å². The maximum Gasteiger partial charge on any atom is 0.266 e. The third-order valence-corrected chi connectivity index (χ3v) is 5.96. The van der Waals surface area contributed by atoms with E-state index in [0.717, 1.165) is 31.9 Å². The van der Waals surface area contributed by atoms with Crippen LogP contribution in [0.4, 0.5) is 14.5 Å². The van der Waals surface area contributed by atoms with Crippen LogP contribution < -0.4 is 10.2 Å². The van der Waals surface area contributed by atoms with E-state index in [4.69, 9.17) is 0 Å². The largest absolute Gasteiger partial charge is 0.587 e. The number of nitrogens with one attached hydrogen (secondary N) is 1. The molecule has 1 unspecified atom stereocenters. The third-order valence-electron chi connectivity index (χ3n) is 4.63. The van der Waals surface area contributed by atoms with Crippen molar-refractivity contribution in [2.24, 2.45) is 0 Å². The zero-order chi connectivity index (χ0) is 18.1. The van der Waals surface area contributed by atoms with Crippen LogP contribution in [-0.4, -0.2) is 34.7 Å². The Kier molecular flexibility index (Phi) is 4.84. The average Bonchev–Trinajstić information content (AvgIpc) is 3.08. The molecule has 0 amide bonds. The molecule has 1 atom stereocenters. The van der Waals surface area contributed by atoms with E-state index >= 15 is 0 Å². The fourth-order valence-electron chi connectivity index (χ4n) is 3.29. The van der Waals surface area contributed by atoms with E-state index in [2.05, 4.69) is 10.2 Å². The van der Waals surface area contributed by atoms with Crippen molar-refractivity contribution >= 4 is 28.0 Å². The standard InChI is InChI=1S/C19H19F2N3OS/c20-19(21)17-13-24(26(25)15-4-2-1-3-5-15)18-7-6-14(12-16(17)18)23-10-8-22-9-11-23/h1-7,12-13,19,22H,8-11H2. The summed E-state index contributed by atoms with van der Waals surface area (Å²) in [6, 6.07) is 14.4. The van der Waals surface area contributed by atoms with Gasteiger partial charge in [0.25, 0.3) is 6.43 Å². The Labute approximate surface area is 153 Å². The van der Waals surface area contributed by atoms with Crippen LogP contribution in [0, 0.1) is 0 Å². The lowest BCUT2D eigenvalue weighted by Gasteiger charge is -2.29. The highest BCUT2D eigenvalue weighted by Gasteiger charge is 2.24. The van der Waals surface area contributed by atoms with Crippen molar-refractivity contribution in [1.82, 2.24) is 9.29 Å². The van der Waals surface area contributed by atoms with E-state index in [-0.39, 0.29) is 5.56 Å². The van der Waals surface area contributed by atoms with Gasteiger partial charge < -0.3 is 14.8 Å². The summed E-state index contributed by atoms with van der Waals surface area (Å²) >= 11 is -1.57. The number of benzene rings is 2. The van der Waals surface area contributed by atoms with Gasteiger partial charge in [-0.05, 0) is 30.3 Å². The number of nitrogens with zero attached hydrogens (tertiary/aromatic N) is 2. The lowest BCUT2D eigenvalue weighted by Crippen LogP contribution is -2.43. The van der Waals surface area contributed by atoms with E-state index in [1.54, 1.807) is 36.4 Å². The van der Waals surface area contributed by atoms with Crippen molar-refractivity contribution in [3.63, 3.8) is 0 Å². The van der Waals surface area contributed by atoms with Crippen LogP contribution in [0.1, 0.15) is 12.0 Å². The molecule has 4 nitrogen and oxygen atoms in total. The number of piperazine rings is 1. The maximum absolute atomic E-state index is 13.6. The summed E-state index contributed by atoms with van der Waals surface area (Å²) in [5, 5.41) is 3.74. The van der Waals surface area contributed by atoms with Crippen molar-refractivity contribution in [2.45, 2.75) is 11.3 Å². The first-order valence-corrected chi connectivity index (χ1v) is 9.62. The normalized spacial score (nSPS) is 16.4. The Morgan fingerprint density at radius 2 is 1.77 bits per heavy atom. The predicted octanol–water partition coefficient (Wildman–Crippen LogP) is 3.56. The zero-order valence-corrected chi connectivity index (χ0v) is 14.9. The molecule has 0 spiro atoms. The molecule has 1 aromatic heterocycles. The first kappa shape index (κ1) is 17.3. The van der Waals surface area contributed by atoms with Crippen LogP contribution in [0.2, 0.25) is 0 Å². The van der Waals surface area contributed by atoms with Gasteiger partial charge in [0.2, 0.25) is 0 Å². The first-order chi connectivity index (χ1) is 12.6. The highest BCUT2D eigenvalue weighted by atomic mass is 32.2. The number of anilines is 1. The van der Waals surface area contributed by atoms with Gasteiger partial charge in [-0.3, -0.25) is 0 Å². The molecule has 136 valence electrons. The van der Waals surface area contributed by atoms with Crippen molar-refractivity contribution in [3.8, 4) is 0 Å². The Hall–Kier alpha value is -2.09. The Bertz CT molecular complexity index is 894. The van der Waals surface area contributed by atoms with Gasteiger partial charge in [0.1, 0.15) is 11.4 Å². The molecule has 1 saturated heterocycles. The van der Waals surface area contributed by atoms with Gasteiger partial charge >= 0.3 is 0 Å². The molecule has 0 bridgehead atoms. The molecule has 4 rings (SSSR count). The number of hydrogen-bond acceptors (Lipinski definition) is 3. The number of fused-ring (bicyclic) bond motifs is 1. The second-order valence-corrected chi connectivity index (χ2v) is 7.57. The third kappa shape index (κ3) is 3.18. The Balaban J connectivity index is 1.79. The Morgan fingerprint density at radius 3 is 2.46 bits per heavy atom. The predicted molar refractivity (Wildman–Crippen MR) is 100 cm³/mol. The molecule has 3 aromatic rings. The fraction of sp³-hybridized carbons (Fsp3) is 0.263. The molecule has 0 saturated carbocycles. The molecule has 0 aliphatic carbocycles. The number of hydrogen-bond donors (Lipinski definition) is 1. The maximum atomic E-state index is 13.6. The van der Waals surface area contributed by atoms with Gasteiger partial charge in [-0.15, -0.1) is 0 Å². The summed E-state index contributed by atoms with van der Waals surface area (Å²) in [5.74, 6) is 0. The van der Waals surface area contributed by atoms with Crippen LogP contribution in [0.15, 0.2) is 59.6 Å². The second-order valence-electron chi connectivity index (χ2n) is 6.21. The van der Waals surface area contributed by atoms with E-state index in [0.29, 0.717) is 15.8 Å². The van der Waals surface area contributed by atoms with Crippen molar-refractivity contribution in [1.29, 1.82) is 0 Å². The molecule has 1 aliphatic heterocycles. The van der Waals surface area contributed by atoms with Crippen LogP contribution in [0.3, 0.4) is 0 Å². The fourth-order valence-corrected chi connectivity index (χ4v) is 4.46. The zero-order valence-electron chi connectivity index (χ0n) is 14.1. The minimum absolute atomic E-state index is 0.0822. The van der Waals surface area contributed by atoms with Gasteiger partial charge in [0, 0.05) is 42.8 Å². The molecule has 2 heterocycles. The summed E-state index contributed by atoms with van der Waals surface area (Å²) < 4.78 is 41.6. The van der Waals surface area contributed by atoms with Crippen LogP contribution in [0.25, 0.3) is 10.9 Å². The van der Waals surface area contributed by atoms with Crippen LogP contribution >= 0.6 is 0 Å². The number of alkyl halides is 2. The molecule has 0 radical (unpaired) electrons. The van der Waals surface area contributed by atoms with E-state index in [9.17, 15) is 13.3 Å². The molecule has 1 fully saturated rings. The molecule has 7 heteroatoms. The summed E-state index contributed by atoms with van der Waals surface area (Å²) in [5.41, 5.74) is 1.40. The van der Waals surface area contributed by atoms with Crippen LogP contribution in [-0.2, 0) is 11.4 Å².